The molecular formula is C18H19N3O2S. The second-order valence-corrected chi connectivity index (χ2v) is 6.46. The Labute approximate surface area is 144 Å². The van der Waals surface area contributed by atoms with Crippen molar-refractivity contribution in [1.29, 1.82) is 0 Å². The van der Waals surface area contributed by atoms with E-state index >= 15 is 0 Å². The van der Waals surface area contributed by atoms with Crippen molar-refractivity contribution in [3.63, 3.8) is 0 Å². The first-order valence-corrected chi connectivity index (χ1v) is 8.55. The molecule has 3 aromatic rings. The molecule has 0 aliphatic heterocycles. The van der Waals surface area contributed by atoms with Gasteiger partial charge in [0.05, 0.1) is 19.4 Å². The van der Waals surface area contributed by atoms with Gasteiger partial charge in [0.15, 0.2) is 0 Å². The monoisotopic (exact) mass is 341 g/mol. The van der Waals surface area contributed by atoms with Gasteiger partial charge in [-0.25, -0.2) is 4.98 Å². The maximum atomic E-state index is 12.5. The molecule has 1 atom stereocenters. The van der Waals surface area contributed by atoms with Crippen molar-refractivity contribution in [2.24, 2.45) is 0 Å². The standard InChI is InChI=1S/C18H19N3O2S/c1-21(12-15-8-5-10-23-15)13-16(22)20-17(18-19-9-11-24-18)14-6-3-2-4-7-14/h2-11,17H,12-13H2,1H3,(H,20,22)/t17-/m1/s1. The summed E-state index contributed by atoms with van der Waals surface area (Å²) in [5.41, 5.74) is 1.02. The Hall–Kier alpha value is -2.44. The van der Waals surface area contributed by atoms with Gasteiger partial charge in [-0.1, -0.05) is 30.3 Å². The summed E-state index contributed by atoms with van der Waals surface area (Å²) < 4.78 is 5.31. The predicted octanol–water partition coefficient (Wildman–Crippen LogP) is 3.07. The molecule has 0 aliphatic carbocycles. The van der Waals surface area contributed by atoms with Gasteiger partial charge in [0.1, 0.15) is 16.8 Å². The van der Waals surface area contributed by atoms with Crippen LogP contribution in [0.1, 0.15) is 22.4 Å². The molecule has 1 aromatic carbocycles. The summed E-state index contributed by atoms with van der Waals surface area (Å²) in [6.45, 7) is 0.878. The summed E-state index contributed by atoms with van der Waals surface area (Å²) in [6, 6.07) is 13.4. The van der Waals surface area contributed by atoms with Crippen LogP contribution in [0.4, 0.5) is 0 Å². The molecule has 5 nitrogen and oxygen atoms in total. The highest BCUT2D eigenvalue weighted by atomic mass is 32.1. The van der Waals surface area contributed by atoms with Crippen LogP contribution in [-0.2, 0) is 11.3 Å². The molecule has 0 radical (unpaired) electrons. The van der Waals surface area contributed by atoms with Crippen LogP contribution in [0.15, 0.2) is 64.7 Å². The smallest absolute Gasteiger partial charge is 0.235 e. The Morgan fingerprint density at radius 1 is 1.29 bits per heavy atom. The summed E-state index contributed by atoms with van der Waals surface area (Å²) in [5.74, 6) is 0.790. The van der Waals surface area contributed by atoms with Gasteiger partial charge < -0.3 is 9.73 Å². The molecule has 2 heterocycles. The topological polar surface area (TPSA) is 58.4 Å². The van der Waals surface area contributed by atoms with Crippen molar-refractivity contribution in [2.75, 3.05) is 13.6 Å². The van der Waals surface area contributed by atoms with Gasteiger partial charge >= 0.3 is 0 Å². The lowest BCUT2D eigenvalue weighted by Crippen LogP contribution is -2.37. The lowest BCUT2D eigenvalue weighted by atomic mass is 10.1. The second-order valence-electron chi connectivity index (χ2n) is 5.53. The predicted molar refractivity (Wildman–Crippen MR) is 93.6 cm³/mol. The van der Waals surface area contributed by atoms with Gasteiger partial charge in [-0.05, 0) is 24.7 Å². The van der Waals surface area contributed by atoms with E-state index in [0.717, 1.165) is 16.3 Å². The van der Waals surface area contributed by atoms with E-state index in [4.69, 9.17) is 4.42 Å². The summed E-state index contributed by atoms with van der Waals surface area (Å²) in [6.07, 6.45) is 3.39. The zero-order valence-corrected chi connectivity index (χ0v) is 14.2. The fourth-order valence-electron chi connectivity index (χ4n) is 2.49. The molecule has 24 heavy (non-hydrogen) atoms. The summed E-state index contributed by atoms with van der Waals surface area (Å²) >= 11 is 1.54. The first-order chi connectivity index (χ1) is 11.7. The third-order valence-corrected chi connectivity index (χ3v) is 4.40. The Bertz CT molecular complexity index is 742. The molecule has 124 valence electrons. The van der Waals surface area contributed by atoms with Gasteiger partial charge in [0.25, 0.3) is 0 Å². The average molecular weight is 341 g/mol. The fraction of sp³-hybridized carbons (Fsp3) is 0.222. The maximum absolute atomic E-state index is 12.5. The first kappa shape index (κ1) is 16.4. The SMILES string of the molecule is CN(CC(=O)N[C@H](c1ccccc1)c1nccs1)Cc1ccco1. The summed E-state index contributed by atoms with van der Waals surface area (Å²) in [7, 11) is 1.89. The quantitative estimate of drug-likeness (QED) is 0.717. The third kappa shape index (κ3) is 4.31. The van der Waals surface area contributed by atoms with Crippen LogP contribution in [-0.4, -0.2) is 29.4 Å². The minimum Gasteiger partial charge on any atom is -0.468 e. The average Bonchev–Trinajstić information content (AvgIpc) is 3.27. The number of rotatable bonds is 7. The number of hydrogen-bond donors (Lipinski definition) is 1. The van der Waals surface area contributed by atoms with Gasteiger partial charge in [-0.3, -0.25) is 9.69 Å². The van der Waals surface area contributed by atoms with E-state index in [1.807, 2.05) is 59.8 Å². The molecule has 0 spiro atoms. The van der Waals surface area contributed by atoms with E-state index in [1.165, 1.54) is 11.3 Å². The highest BCUT2D eigenvalue weighted by Crippen LogP contribution is 2.23. The minimum absolute atomic E-state index is 0.0480. The number of hydrogen-bond acceptors (Lipinski definition) is 5. The maximum Gasteiger partial charge on any atom is 0.235 e. The van der Waals surface area contributed by atoms with Gasteiger partial charge in [-0.2, -0.15) is 0 Å². The molecule has 3 rings (SSSR count). The number of nitrogens with zero attached hydrogens (tertiary/aromatic N) is 2. The third-order valence-electron chi connectivity index (χ3n) is 3.56. The molecule has 0 saturated heterocycles. The van der Waals surface area contributed by atoms with Gasteiger partial charge in [0, 0.05) is 11.6 Å². The fourth-order valence-corrected chi connectivity index (χ4v) is 3.20. The van der Waals surface area contributed by atoms with E-state index in [1.54, 1.807) is 12.5 Å². The molecule has 0 fully saturated rings. The highest BCUT2D eigenvalue weighted by molar-refractivity contribution is 7.09. The number of furan rings is 1. The number of likely N-dealkylation sites (N-methyl/N-ethyl adjacent to an activating group) is 1. The van der Waals surface area contributed by atoms with Crippen LogP contribution >= 0.6 is 11.3 Å². The highest BCUT2D eigenvalue weighted by Gasteiger charge is 2.19. The van der Waals surface area contributed by atoms with E-state index in [2.05, 4.69) is 10.3 Å². The number of thiazole rings is 1. The Morgan fingerprint density at radius 2 is 2.12 bits per heavy atom. The van der Waals surface area contributed by atoms with E-state index in [-0.39, 0.29) is 18.5 Å². The van der Waals surface area contributed by atoms with Crippen LogP contribution in [0, 0.1) is 0 Å². The van der Waals surface area contributed by atoms with Gasteiger partial charge in [0.2, 0.25) is 5.91 Å². The molecule has 1 N–H and O–H groups in total. The van der Waals surface area contributed by atoms with Crippen molar-refractivity contribution in [3.8, 4) is 0 Å². The number of carbonyl (C=O) groups excluding carboxylic acids is 1. The van der Waals surface area contributed by atoms with Crippen LogP contribution in [0.3, 0.4) is 0 Å². The molecule has 1 amide bonds. The molecule has 2 aromatic heterocycles. The normalized spacial score (nSPS) is 12.2. The summed E-state index contributed by atoms with van der Waals surface area (Å²) in [4.78, 5) is 18.7. The number of carbonyl (C=O) groups is 1. The zero-order valence-electron chi connectivity index (χ0n) is 13.4. The number of nitrogens with one attached hydrogen (secondary N) is 1. The number of amides is 1. The molecule has 0 unspecified atom stereocenters. The first-order valence-electron chi connectivity index (χ1n) is 7.67. The van der Waals surface area contributed by atoms with Crippen molar-refractivity contribution < 1.29 is 9.21 Å². The molecular weight excluding hydrogens is 322 g/mol. The zero-order chi connectivity index (χ0) is 16.8. The molecule has 0 bridgehead atoms. The van der Waals surface area contributed by atoms with Crippen LogP contribution in [0.5, 0.6) is 0 Å². The van der Waals surface area contributed by atoms with Crippen LogP contribution in [0.25, 0.3) is 0 Å². The lowest BCUT2D eigenvalue weighted by molar-refractivity contribution is -0.122. The molecule has 0 aliphatic rings. The second kappa shape index (κ2) is 7.90. The Balaban J connectivity index is 1.65. The number of aromatic nitrogens is 1. The van der Waals surface area contributed by atoms with E-state index in [9.17, 15) is 4.79 Å². The van der Waals surface area contributed by atoms with Crippen molar-refractivity contribution in [1.82, 2.24) is 15.2 Å². The van der Waals surface area contributed by atoms with Crippen molar-refractivity contribution in [2.45, 2.75) is 12.6 Å². The Kier molecular flexibility index (Phi) is 5.40. The largest absolute Gasteiger partial charge is 0.468 e. The summed E-state index contributed by atoms with van der Waals surface area (Å²) in [5, 5.41) is 5.88. The van der Waals surface area contributed by atoms with E-state index < -0.39 is 0 Å². The van der Waals surface area contributed by atoms with Crippen molar-refractivity contribution in [3.05, 3.63) is 76.6 Å². The molecule has 0 saturated carbocycles. The van der Waals surface area contributed by atoms with Crippen molar-refractivity contribution >= 4 is 17.2 Å². The minimum atomic E-state index is -0.226. The van der Waals surface area contributed by atoms with Crippen LogP contribution in [0.2, 0.25) is 0 Å². The molecule has 6 heteroatoms. The van der Waals surface area contributed by atoms with E-state index in [0.29, 0.717) is 6.54 Å². The lowest BCUT2D eigenvalue weighted by Gasteiger charge is -2.20. The number of benzene rings is 1. The van der Waals surface area contributed by atoms with Crippen LogP contribution < -0.4 is 5.32 Å². The Morgan fingerprint density at radius 3 is 2.79 bits per heavy atom. The van der Waals surface area contributed by atoms with Gasteiger partial charge in [-0.15, -0.1) is 11.3 Å².